The largest absolute Gasteiger partial charge is 0.435 e. The van der Waals surface area contributed by atoms with Gasteiger partial charge in [0.05, 0.1) is 5.69 Å². The highest BCUT2D eigenvalue weighted by atomic mass is 35.5. The second-order valence-electron chi connectivity index (χ2n) is 7.63. The summed E-state index contributed by atoms with van der Waals surface area (Å²) >= 11 is 6.05. The number of nitrogens with zero attached hydrogens (tertiary/aromatic N) is 2. The first-order valence-corrected chi connectivity index (χ1v) is 10.4. The van der Waals surface area contributed by atoms with E-state index in [2.05, 4.69) is 10.4 Å². The summed E-state index contributed by atoms with van der Waals surface area (Å²) in [6.45, 7) is 0.00328. The van der Waals surface area contributed by atoms with Crippen LogP contribution in [0.25, 0.3) is 0 Å². The highest BCUT2D eigenvalue weighted by Gasteiger charge is 2.37. The predicted molar refractivity (Wildman–Crippen MR) is 114 cm³/mol. The Morgan fingerprint density at radius 3 is 2.47 bits per heavy atom. The third-order valence-electron chi connectivity index (χ3n) is 5.18. The van der Waals surface area contributed by atoms with Crippen molar-refractivity contribution in [1.82, 2.24) is 9.78 Å². The molecule has 1 fully saturated rings. The Morgan fingerprint density at radius 1 is 1.09 bits per heavy atom. The minimum Gasteiger partial charge on any atom is -0.325 e. The standard InChI is InChI=1S/C23H19ClF3N3O2/c24-16-8-9-18(17(12-16)22(32)15-4-2-1-3-5-15)28-21(31)10-11-30-19(14-6-7-14)13-20(29-30)23(25,26)27/h1-5,8-9,12-14H,6-7,10-11H2,(H,28,31). The van der Waals surface area contributed by atoms with Crippen molar-refractivity contribution in [2.75, 3.05) is 5.32 Å². The van der Waals surface area contributed by atoms with E-state index in [1.165, 1.54) is 16.8 Å². The van der Waals surface area contributed by atoms with E-state index >= 15 is 0 Å². The molecule has 0 radical (unpaired) electrons. The summed E-state index contributed by atoms with van der Waals surface area (Å²) in [5.74, 6) is -0.699. The Morgan fingerprint density at radius 2 is 1.81 bits per heavy atom. The Balaban J connectivity index is 1.49. The van der Waals surface area contributed by atoms with E-state index in [0.29, 0.717) is 16.3 Å². The van der Waals surface area contributed by atoms with E-state index in [-0.39, 0.29) is 35.9 Å². The first kappa shape index (κ1) is 22.1. The van der Waals surface area contributed by atoms with E-state index in [1.54, 1.807) is 36.4 Å². The van der Waals surface area contributed by atoms with Gasteiger partial charge in [0.1, 0.15) is 0 Å². The third kappa shape index (κ3) is 5.02. The second-order valence-corrected chi connectivity index (χ2v) is 8.07. The Bertz CT molecular complexity index is 1160. The van der Waals surface area contributed by atoms with E-state index in [4.69, 9.17) is 11.6 Å². The van der Waals surface area contributed by atoms with Crippen molar-refractivity contribution in [3.63, 3.8) is 0 Å². The van der Waals surface area contributed by atoms with Gasteiger partial charge in [-0.25, -0.2) is 0 Å². The van der Waals surface area contributed by atoms with Gasteiger partial charge in [-0.05, 0) is 37.1 Å². The number of anilines is 1. The van der Waals surface area contributed by atoms with Gasteiger partial charge in [0.15, 0.2) is 11.5 Å². The van der Waals surface area contributed by atoms with Gasteiger partial charge in [0.2, 0.25) is 5.91 Å². The number of amides is 1. The SMILES string of the molecule is O=C(CCn1nc(C(F)(F)F)cc1C1CC1)Nc1ccc(Cl)cc1C(=O)c1ccccc1. The highest BCUT2D eigenvalue weighted by Crippen LogP contribution is 2.42. The molecule has 1 N–H and O–H groups in total. The molecule has 1 saturated carbocycles. The molecule has 4 rings (SSSR count). The average Bonchev–Trinajstić information content (AvgIpc) is 3.51. The number of nitrogens with one attached hydrogen (secondary N) is 1. The van der Waals surface area contributed by atoms with Gasteiger partial charge in [0, 0.05) is 40.7 Å². The molecule has 0 spiro atoms. The van der Waals surface area contributed by atoms with Gasteiger partial charge in [-0.1, -0.05) is 41.9 Å². The zero-order valence-corrected chi connectivity index (χ0v) is 17.6. The van der Waals surface area contributed by atoms with Crippen LogP contribution in [0.3, 0.4) is 0 Å². The Labute approximate surface area is 187 Å². The number of aryl methyl sites for hydroxylation is 1. The quantitative estimate of drug-likeness (QED) is 0.459. The van der Waals surface area contributed by atoms with E-state index < -0.39 is 17.8 Å². The fraction of sp³-hybridized carbons (Fsp3) is 0.261. The number of halogens is 4. The van der Waals surface area contributed by atoms with Crippen molar-refractivity contribution in [1.29, 1.82) is 0 Å². The minimum atomic E-state index is -4.53. The van der Waals surface area contributed by atoms with Gasteiger partial charge in [-0.2, -0.15) is 18.3 Å². The van der Waals surface area contributed by atoms with Crippen LogP contribution in [0.15, 0.2) is 54.6 Å². The Kier molecular flexibility index (Phi) is 6.06. The summed E-state index contributed by atoms with van der Waals surface area (Å²) in [6.07, 6.45) is -3.01. The molecule has 1 amide bonds. The lowest BCUT2D eigenvalue weighted by Crippen LogP contribution is -2.18. The highest BCUT2D eigenvalue weighted by molar-refractivity contribution is 6.31. The monoisotopic (exact) mass is 461 g/mol. The molecule has 32 heavy (non-hydrogen) atoms. The fourth-order valence-electron chi connectivity index (χ4n) is 3.44. The summed E-state index contributed by atoms with van der Waals surface area (Å²) in [7, 11) is 0. The topological polar surface area (TPSA) is 64.0 Å². The van der Waals surface area contributed by atoms with Crippen LogP contribution >= 0.6 is 11.6 Å². The number of rotatable bonds is 7. The van der Waals surface area contributed by atoms with Crippen LogP contribution in [0.5, 0.6) is 0 Å². The van der Waals surface area contributed by atoms with Crippen molar-refractivity contribution in [2.45, 2.75) is 37.9 Å². The summed E-state index contributed by atoms with van der Waals surface area (Å²) < 4.78 is 40.4. The van der Waals surface area contributed by atoms with Crippen LogP contribution < -0.4 is 5.32 Å². The smallest absolute Gasteiger partial charge is 0.325 e. The lowest BCUT2D eigenvalue weighted by Gasteiger charge is -2.12. The summed E-state index contributed by atoms with van der Waals surface area (Å²) in [5, 5.41) is 6.68. The Hall–Kier alpha value is -3.13. The van der Waals surface area contributed by atoms with Gasteiger partial charge in [0.25, 0.3) is 0 Å². The molecule has 0 saturated heterocycles. The number of carbonyl (C=O) groups excluding carboxylic acids is 2. The van der Waals surface area contributed by atoms with Crippen molar-refractivity contribution in [2.24, 2.45) is 0 Å². The average molecular weight is 462 g/mol. The number of hydrogen-bond acceptors (Lipinski definition) is 3. The van der Waals surface area contributed by atoms with Gasteiger partial charge in [-0.15, -0.1) is 0 Å². The van der Waals surface area contributed by atoms with Gasteiger partial charge < -0.3 is 5.32 Å². The van der Waals surface area contributed by atoms with E-state index in [9.17, 15) is 22.8 Å². The number of aromatic nitrogens is 2. The molecule has 5 nitrogen and oxygen atoms in total. The molecule has 3 aromatic rings. The van der Waals surface area contributed by atoms with Crippen LogP contribution in [0.1, 0.15) is 52.5 Å². The van der Waals surface area contributed by atoms with Crippen LogP contribution in [0.2, 0.25) is 5.02 Å². The zero-order valence-electron chi connectivity index (χ0n) is 16.8. The van der Waals surface area contributed by atoms with Gasteiger partial charge >= 0.3 is 6.18 Å². The summed E-state index contributed by atoms with van der Waals surface area (Å²) in [5.41, 5.74) is 0.502. The van der Waals surface area contributed by atoms with Crippen molar-refractivity contribution < 1.29 is 22.8 Å². The first-order chi connectivity index (χ1) is 15.2. The van der Waals surface area contributed by atoms with Gasteiger partial charge in [-0.3, -0.25) is 14.3 Å². The summed E-state index contributed by atoms with van der Waals surface area (Å²) in [4.78, 5) is 25.4. The summed E-state index contributed by atoms with van der Waals surface area (Å²) in [6, 6.07) is 14.2. The number of benzene rings is 2. The molecular weight excluding hydrogens is 443 g/mol. The maximum Gasteiger partial charge on any atom is 0.435 e. The maximum atomic E-state index is 13.0. The first-order valence-electron chi connectivity index (χ1n) is 10.1. The molecule has 1 heterocycles. The number of hydrogen-bond donors (Lipinski definition) is 1. The van der Waals surface area contributed by atoms with Crippen LogP contribution in [-0.2, 0) is 17.5 Å². The van der Waals surface area contributed by atoms with E-state index in [1.807, 2.05) is 0 Å². The predicted octanol–water partition coefficient (Wildman–Crippen LogP) is 5.69. The maximum absolute atomic E-state index is 13.0. The lowest BCUT2D eigenvalue weighted by atomic mass is 10.0. The molecule has 1 aliphatic rings. The second kappa shape index (κ2) is 8.78. The molecule has 166 valence electrons. The molecule has 0 atom stereocenters. The molecule has 1 aliphatic carbocycles. The molecular formula is C23H19ClF3N3O2. The molecule has 9 heteroatoms. The molecule has 0 unspecified atom stereocenters. The lowest BCUT2D eigenvalue weighted by molar-refractivity contribution is -0.141. The molecule has 1 aromatic heterocycles. The number of alkyl halides is 3. The van der Waals surface area contributed by atoms with Crippen molar-refractivity contribution in [3.8, 4) is 0 Å². The van der Waals surface area contributed by atoms with E-state index in [0.717, 1.165) is 18.9 Å². The van der Waals surface area contributed by atoms with Crippen molar-refractivity contribution >= 4 is 29.0 Å². The van der Waals surface area contributed by atoms with Crippen molar-refractivity contribution in [3.05, 3.63) is 82.1 Å². The molecule has 0 bridgehead atoms. The molecule has 2 aromatic carbocycles. The van der Waals surface area contributed by atoms with Crippen LogP contribution in [0.4, 0.5) is 18.9 Å². The number of carbonyl (C=O) groups is 2. The van der Waals surface area contributed by atoms with Crippen LogP contribution in [0, 0.1) is 0 Å². The normalized spacial score (nSPS) is 13.8. The molecule has 0 aliphatic heterocycles. The zero-order chi connectivity index (χ0) is 22.9. The fourth-order valence-corrected chi connectivity index (χ4v) is 3.61. The third-order valence-corrected chi connectivity index (χ3v) is 5.42. The minimum absolute atomic E-state index is 0.00328. The number of ketones is 1. The van der Waals surface area contributed by atoms with Crippen LogP contribution in [-0.4, -0.2) is 21.5 Å².